The number of alkyl halides is 3. The van der Waals surface area contributed by atoms with Gasteiger partial charge in [-0.1, -0.05) is 13.8 Å². The molecule has 1 aliphatic heterocycles. The van der Waals surface area contributed by atoms with E-state index in [0.717, 1.165) is 64.2 Å². The molecule has 0 radical (unpaired) electrons. The second-order valence-corrected chi connectivity index (χ2v) is 8.10. The molecular formula is C21H43F3IN5. The van der Waals surface area contributed by atoms with Crippen LogP contribution >= 0.6 is 24.0 Å². The first-order valence-corrected chi connectivity index (χ1v) is 11.3. The smallest absolute Gasteiger partial charge is 0.357 e. The van der Waals surface area contributed by atoms with Gasteiger partial charge in [-0.05, 0) is 84.6 Å². The number of rotatable bonds is 12. The van der Waals surface area contributed by atoms with Crippen LogP contribution in [0.25, 0.3) is 0 Å². The van der Waals surface area contributed by atoms with Gasteiger partial charge in [0.2, 0.25) is 0 Å². The summed E-state index contributed by atoms with van der Waals surface area (Å²) in [6.07, 6.45) is 0.761. The molecule has 0 aromatic rings. The lowest BCUT2D eigenvalue weighted by Crippen LogP contribution is -2.42. The number of guanidine groups is 1. The van der Waals surface area contributed by atoms with Crippen LogP contribution in [0, 0.1) is 5.92 Å². The zero-order chi connectivity index (χ0) is 21.7. The first-order valence-electron chi connectivity index (χ1n) is 11.3. The zero-order valence-electron chi connectivity index (χ0n) is 19.2. The SMILES string of the molecule is CCNC(=NCCC1CCN(CC(F)(F)F)CC1)NC(C)CCCN(CC)CC.I. The van der Waals surface area contributed by atoms with E-state index in [1.54, 1.807) is 0 Å². The molecule has 0 spiro atoms. The van der Waals surface area contributed by atoms with Crippen molar-refractivity contribution in [2.75, 3.05) is 52.4 Å². The highest BCUT2D eigenvalue weighted by molar-refractivity contribution is 14.0. The zero-order valence-corrected chi connectivity index (χ0v) is 21.6. The predicted octanol–water partition coefficient (Wildman–Crippen LogP) is 4.33. The van der Waals surface area contributed by atoms with Gasteiger partial charge in [0.15, 0.2) is 5.96 Å². The van der Waals surface area contributed by atoms with E-state index in [1.165, 1.54) is 4.90 Å². The lowest BCUT2D eigenvalue weighted by molar-refractivity contribution is -0.148. The van der Waals surface area contributed by atoms with Gasteiger partial charge in [0.1, 0.15) is 0 Å². The van der Waals surface area contributed by atoms with E-state index in [4.69, 9.17) is 4.99 Å². The second kappa shape index (κ2) is 16.4. The number of nitrogens with one attached hydrogen (secondary N) is 2. The van der Waals surface area contributed by atoms with Crippen molar-refractivity contribution in [2.24, 2.45) is 10.9 Å². The summed E-state index contributed by atoms with van der Waals surface area (Å²) < 4.78 is 37.4. The molecule has 2 N–H and O–H groups in total. The number of hydrogen-bond donors (Lipinski definition) is 2. The third kappa shape index (κ3) is 13.9. The van der Waals surface area contributed by atoms with Crippen LogP contribution in [0.1, 0.15) is 59.8 Å². The van der Waals surface area contributed by atoms with Crippen LogP contribution in [-0.2, 0) is 0 Å². The molecule has 9 heteroatoms. The number of nitrogens with zero attached hydrogens (tertiary/aromatic N) is 3. The summed E-state index contributed by atoms with van der Waals surface area (Å²) in [4.78, 5) is 8.65. The van der Waals surface area contributed by atoms with Crippen molar-refractivity contribution < 1.29 is 13.2 Å². The van der Waals surface area contributed by atoms with Gasteiger partial charge in [0.25, 0.3) is 0 Å². The molecule has 1 rings (SSSR count). The molecule has 1 heterocycles. The van der Waals surface area contributed by atoms with Crippen molar-refractivity contribution in [2.45, 2.75) is 72.0 Å². The highest BCUT2D eigenvalue weighted by atomic mass is 127. The summed E-state index contributed by atoms with van der Waals surface area (Å²) in [5, 5.41) is 6.79. The summed E-state index contributed by atoms with van der Waals surface area (Å²) in [7, 11) is 0. The Labute approximate surface area is 198 Å². The Hall–Kier alpha value is -0.290. The minimum Gasteiger partial charge on any atom is -0.357 e. The standard InChI is InChI=1S/C21H42F3N5.HI/c1-5-25-20(27-18(4)9-8-14-28(6-2)7-3)26-13-10-19-11-15-29(16-12-19)17-21(22,23)24;/h18-19H,5-17H2,1-4H3,(H2,25,26,27);1H. The molecule has 1 atom stereocenters. The van der Waals surface area contributed by atoms with Gasteiger partial charge in [0.05, 0.1) is 6.54 Å². The summed E-state index contributed by atoms with van der Waals surface area (Å²) >= 11 is 0. The Bertz CT molecular complexity index is 450. The van der Waals surface area contributed by atoms with Crippen LogP contribution in [0.5, 0.6) is 0 Å². The maximum Gasteiger partial charge on any atom is 0.401 e. The summed E-state index contributed by atoms with van der Waals surface area (Å²) in [6.45, 7) is 13.8. The third-order valence-corrected chi connectivity index (χ3v) is 5.65. The monoisotopic (exact) mass is 549 g/mol. The van der Waals surface area contributed by atoms with Crippen molar-refractivity contribution in [1.29, 1.82) is 0 Å². The van der Waals surface area contributed by atoms with E-state index in [9.17, 15) is 13.2 Å². The first-order chi connectivity index (χ1) is 13.8. The van der Waals surface area contributed by atoms with E-state index >= 15 is 0 Å². The molecule has 180 valence electrons. The number of likely N-dealkylation sites (tertiary alicyclic amines) is 1. The molecule has 5 nitrogen and oxygen atoms in total. The molecule has 1 unspecified atom stereocenters. The molecule has 0 amide bonds. The Balaban J connectivity index is 0.00000841. The Kier molecular flexibility index (Phi) is 16.2. The van der Waals surface area contributed by atoms with Gasteiger partial charge < -0.3 is 15.5 Å². The van der Waals surface area contributed by atoms with E-state index in [2.05, 4.69) is 43.2 Å². The fourth-order valence-electron chi connectivity index (χ4n) is 3.83. The van der Waals surface area contributed by atoms with Gasteiger partial charge >= 0.3 is 6.18 Å². The Morgan fingerprint density at radius 2 is 1.80 bits per heavy atom. The van der Waals surface area contributed by atoms with Crippen molar-refractivity contribution in [1.82, 2.24) is 20.4 Å². The molecule has 0 saturated carbocycles. The Morgan fingerprint density at radius 1 is 1.17 bits per heavy atom. The van der Waals surface area contributed by atoms with Gasteiger partial charge in [-0.25, -0.2) is 0 Å². The van der Waals surface area contributed by atoms with E-state index < -0.39 is 12.7 Å². The van der Waals surface area contributed by atoms with Gasteiger partial charge in [-0.3, -0.25) is 9.89 Å². The van der Waals surface area contributed by atoms with Crippen molar-refractivity contribution >= 4 is 29.9 Å². The van der Waals surface area contributed by atoms with E-state index in [1.807, 2.05) is 0 Å². The number of aliphatic imine (C=N–C) groups is 1. The van der Waals surface area contributed by atoms with Crippen molar-refractivity contribution in [3.63, 3.8) is 0 Å². The first kappa shape index (κ1) is 29.7. The topological polar surface area (TPSA) is 42.9 Å². The van der Waals surface area contributed by atoms with Crippen LogP contribution in [0.2, 0.25) is 0 Å². The molecule has 0 aromatic carbocycles. The summed E-state index contributed by atoms with van der Waals surface area (Å²) in [6, 6.07) is 0.356. The molecule has 0 aromatic heterocycles. The average Bonchev–Trinajstić information content (AvgIpc) is 2.65. The summed E-state index contributed by atoms with van der Waals surface area (Å²) in [5.74, 6) is 1.31. The average molecular weight is 550 g/mol. The normalized spacial score (nSPS) is 17.7. The van der Waals surface area contributed by atoms with Crippen LogP contribution in [0.4, 0.5) is 13.2 Å². The molecule has 0 aliphatic carbocycles. The molecule has 0 bridgehead atoms. The molecule has 1 fully saturated rings. The predicted molar refractivity (Wildman–Crippen MR) is 131 cm³/mol. The minimum atomic E-state index is -4.09. The van der Waals surface area contributed by atoms with Gasteiger partial charge in [-0.15, -0.1) is 24.0 Å². The lowest BCUT2D eigenvalue weighted by atomic mass is 9.93. The minimum absolute atomic E-state index is 0. The lowest BCUT2D eigenvalue weighted by Gasteiger charge is -2.32. The van der Waals surface area contributed by atoms with Crippen LogP contribution in [0.15, 0.2) is 4.99 Å². The van der Waals surface area contributed by atoms with Crippen molar-refractivity contribution in [3.8, 4) is 0 Å². The fourth-order valence-corrected chi connectivity index (χ4v) is 3.83. The number of hydrogen-bond acceptors (Lipinski definition) is 3. The van der Waals surface area contributed by atoms with Crippen LogP contribution in [-0.4, -0.2) is 80.3 Å². The molecule has 30 heavy (non-hydrogen) atoms. The van der Waals surface area contributed by atoms with Crippen LogP contribution < -0.4 is 10.6 Å². The van der Waals surface area contributed by atoms with Gasteiger partial charge in [-0.2, -0.15) is 13.2 Å². The maximum atomic E-state index is 12.5. The maximum absolute atomic E-state index is 12.5. The quantitative estimate of drug-likeness (QED) is 0.216. The number of halogens is 4. The molecule has 1 aliphatic rings. The highest BCUT2D eigenvalue weighted by Crippen LogP contribution is 2.24. The van der Waals surface area contributed by atoms with Crippen LogP contribution in [0.3, 0.4) is 0 Å². The summed E-state index contributed by atoms with van der Waals surface area (Å²) in [5.41, 5.74) is 0. The largest absolute Gasteiger partial charge is 0.401 e. The fraction of sp³-hybridized carbons (Fsp3) is 0.952. The van der Waals surface area contributed by atoms with E-state index in [-0.39, 0.29) is 24.0 Å². The highest BCUT2D eigenvalue weighted by Gasteiger charge is 2.32. The Morgan fingerprint density at radius 3 is 2.33 bits per heavy atom. The third-order valence-electron chi connectivity index (χ3n) is 5.65. The molecular weight excluding hydrogens is 506 g/mol. The number of piperidine rings is 1. The molecule has 1 saturated heterocycles. The van der Waals surface area contributed by atoms with Gasteiger partial charge in [0, 0.05) is 19.1 Å². The second-order valence-electron chi connectivity index (χ2n) is 8.10. The van der Waals surface area contributed by atoms with Crippen molar-refractivity contribution in [3.05, 3.63) is 0 Å². The van der Waals surface area contributed by atoms with E-state index in [0.29, 0.717) is 31.6 Å².